The van der Waals surface area contributed by atoms with Gasteiger partial charge < -0.3 is 5.32 Å². The first-order chi connectivity index (χ1) is 11.7. The first-order valence-electron chi connectivity index (χ1n) is 7.25. The van der Waals surface area contributed by atoms with Gasteiger partial charge in [-0.15, -0.1) is 5.10 Å². The van der Waals surface area contributed by atoms with Gasteiger partial charge in [-0.25, -0.2) is 15.0 Å². The van der Waals surface area contributed by atoms with Gasteiger partial charge in [0.15, 0.2) is 5.82 Å². The summed E-state index contributed by atoms with van der Waals surface area (Å²) in [5, 5.41) is 10.3. The molecule has 0 unspecified atom stereocenters. The van der Waals surface area contributed by atoms with E-state index < -0.39 is 0 Å². The van der Waals surface area contributed by atoms with Crippen LogP contribution in [0.3, 0.4) is 0 Å². The van der Waals surface area contributed by atoms with Crippen molar-refractivity contribution in [3.8, 4) is 11.4 Å². The van der Waals surface area contributed by atoms with E-state index in [-0.39, 0.29) is 5.91 Å². The molecule has 1 amide bonds. The number of nitrogens with one attached hydrogen (secondary N) is 2. The summed E-state index contributed by atoms with van der Waals surface area (Å²) < 4.78 is 0. The Morgan fingerprint density at radius 2 is 2.00 bits per heavy atom. The predicted molar refractivity (Wildman–Crippen MR) is 89.4 cm³/mol. The maximum Gasteiger partial charge on any atom is 0.254 e. The van der Waals surface area contributed by atoms with Gasteiger partial charge in [0.05, 0.1) is 5.56 Å². The van der Waals surface area contributed by atoms with Gasteiger partial charge in [0.2, 0.25) is 5.16 Å². The number of amides is 1. The van der Waals surface area contributed by atoms with Crippen molar-refractivity contribution in [1.29, 1.82) is 0 Å². The van der Waals surface area contributed by atoms with Gasteiger partial charge in [-0.3, -0.25) is 14.9 Å². The third-order valence-corrected chi connectivity index (χ3v) is 3.90. The Morgan fingerprint density at radius 3 is 2.67 bits per heavy atom. The van der Waals surface area contributed by atoms with Gasteiger partial charge in [0.25, 0.3) is 5.91 Å². The van der Waals surface area contributed by atoms with Crippen molar-refractivity contribution in [3.63, 3.8) is 0 Å². The molecule has 3 rings (SSSR count). The second kappa shape index (κ2) is 7.64. The van der Waals surface area contributed by atoms with Crippen molar-refractivity contribution in [3.05, 3.63) is 48.3 Å². The Labute approximate surface area is 142 Å². The number of hydrogen-bond donors (Lipinski definition) is 2. The van der Waals surface area contributed by atoms with Crippen LogP contribution in [0, 0.1) is 6.92 Å². The van der Waals surface area contributed by atoms with Crippen LogP contribution >= 0.6 is 11.8 Å². The molecule has 3 aromatic heterocycles. The third kappa shape index (κ3) is 4.13. The molecule has 3 heterocycles. The van der Waals surface area contributed by atoms with Gasteiger partial charge in [-0.2, -0.15) is 0 Å². The van der Waals surface area contributed by atoms with E-state index in [0.717, 1.165) is 11.4 Å². The summed E-state index contributed by atoms with van der Waals surface area (Å²) in [4.78, 5) is 28.6. The maximum atomic E-state index is 12.1. The Bertz CT molecular complexity index is 804. The Morgan fingerprint density at radius 1 is 1.25 bits per heavy atom. The van der Waals surface area contributed by atoms with Gasteiger partial charge in [0.1, 0.15) is 5.82 Å². The Kier molecular flexibility index (Phi) is 5.12. The summed E-state index contributed by atoms with van der Waals surface area (Å²) in [6.07, 6.45) is 6.38. The number of rotatable bonds is 6. The molecule has 0 aliphatic heterocycles. The van der Waals surface area contributed by atoms with E-state index in [0.29, 0.717) is 28.8 Å². The fourth-order valence-electron chi connectivity index (χ4n) is 1.89. The van der Waals surface area contributed by atoms with Gasteiger partial charge >= 0.3 is 0 Å². The van der Waals surface area contributed by atoms with Gasteiger partial charge in [0, 0.05) is 42.6 Å². The van der Waals surface area contributed by atoms with Crippen LogP contribution < -0.4 is 5.32 Å². The smallest absolute Gasteiger partial charge is 0.254 e. The highest BCUT2D eigenvalue weighted by Gasteiger charge is 2.08. The fourth-order valence-corrected chi connectivity index (χ4v) is 2.59. The Balaban J connectivity index is 1.50. The molecule has 0 fully saturated rings. The van der Waals surface area contributed by atoms with Crippen LogP contribution in [-0.2, 0) is 0 Å². The predicted octanol–water partition coefficient (Wildman–Crippen LogP) is 1.49. The minimum Gasteiger partial charge on any atom is -0.351 e. The number of aromatic amines is 1. The molecule has 0 radical (unpaired) electrons. The molecule has 0 bridgehead atoms. The van der Waals surface area contributed by atoms with Gasteiger partial charge in [-0.05, 0) is 19.1 Å². The molecule has 24 heavy (non-hydrogen) atoms. The quantitative estimate of drug-likeness (QED) is 0.516. The second-order valence-electron chi connectivity index (χ2n) is 4.84. The van der Waals surface area contributed by atoms with E-state index in [1.54, 1.807) is 12.4 Å². The lowest BCUT2D eigenvalue weighted by molar-refractivity contribution is 0.0955. The first-order valence-corrected chi connectivity index (χ1v) is 8.23. The molecule has 8 nitrogen and oxygen atoms in total. The zero-order chi connectivity index (χ0) is 16.8. The van der Waals surface area contributed by atoms with Crippen LogP contribution in [0.1, 0.15) is 16.2 Å². The molecule has 122 valence electrons. The summed E-state index contributed by atoms with van der Waals surface area (Å²) in [6, 6.07) is 3.63. The van der Waals surface area contributed by atoms with E-state index in [9.17, 15) is 4.79 Å². The number of aryl methyl sites for hydroxylation is 1. The molecule has 0 aromatic carbocycles. The average molecular weight is 341 g/mol. The molecule has 3 aromatic rings. The number of thioether (sulfide) groups is 1. The average Bonchev–Trinajstić information content (AvgIpc) is 3.05. The SMILES string of the molecule is Cc1nc(SCCNC(=O)c2cnc(-c3ccncc3)nc2)n[nH]1. The molecule has 0 saturated heterocycles. The number of carbonyl (C=O) groups is 1. The van der Waals surface area contributed by atoms with E-state index in [2.05, 4.69) is 35.5 Å². The topological polar surface area (TPSA) is 109 Å². The zero-order valence-corrected chi connectivity index (χ0v) is 13.7. The normalized spacial score (nSPS) is 10.5. The van der Waals surface area contributed by atoms with E-state index in [4.69, 9.17) is 0 Å². The summed E-state index contributed by atoms with van der Waals surface area (Å²) in [6.45, 7) is 2.34. The summed E-state index contributed by atoms with van der Waals surface area (Å²) in [5.41, 5.74) is 1.28. The maximum absolute atomic E-state index is 12.1. The van der Waals surface area contributed by atoms with Crippen LogP contribution in [0.2, 0.25) is 0 Å². The minimum atomic E-state index is -0.206. The highest BCUT2D eigenvalue weighted by molar-refractivity contribution is 7.99. The van der Waals surface area contributed by atoms with E-state index in [1.807, 2.05) is 19.1 Å². The van der Waals surface area contributed by atoms with Crippen molar-refractivity contribution in [2.24, 2.45) is 0 Å². The van der Waals surface area contributed by atoms with Crippen molar-refractivity contribution >= 4 is 17.7 Å². The zero-order valence-electron chi connectivity index (χ0n) is 12.9. The molecule has 0 atom stereocenters. The minimum absolute atomic E-state index is 0.206. The summed E-state index contributed by atoms with van der Waals surface area (Å²) in [5.74, 6) is 1.81. The lowest BCUT2D eigenvalue weighted by atomic mass is 10.2. The molecule has 0 aliphatic carbocycles. The molecule has 9 heteroatoms. The highest BCUT2D eigenvalue weighted by Crippen LogP contribution is 2.13. The fraction of sp³-hybridized carbons (Fsp3) is 0.200. The van der Waals surface area contributed by atoms with Gasteiger partial charge in [-0.1, -0.05) is 11.8 Å². The van der Waals surface area contributed by atoms with Crippen molar-refractivity contribution in [2.45, 2.75) is 12.1 Å². The number of aromatic nitrogens is 6. The largest absolute Gasteiger partial charge is 0.351 e. The standard InChI is InChI=1S/C15H15N7OS/c1-10-20-15(22-21-10)24-7-6-17-14(23)12-8-18-13(19-9-12)11-2-4-16-5-3-11/h2-5,8-9H,6-7H2,1H3,(H,17,23)(H,20,21,22). The van der Waals surface area contributed by atoms with Crippen LogP contribution in [0.15, 0.2) is 42.1 Å². The van der Waals surface area contributed by atoms with Crippen LogP contribution in [0.25, 0.3) is 11.4 Å². The van der Waals surface area contributed by atoms with E-state index in [1.165, 1.54) is 24.2 Å². The monoisotopic (exact) mass is 341 g/mol. The third-order valence-electron chi connectivity index (χ3n) is 3.05. The molecular weight excluding hydrogens is 326 g/mol. The Hall–Kier alpha value is -2.81. The van der Waals surface area contributed by atoms with Crippen LogP contribution in [0.4, 0.5) is 0 Å². The molecule has 2 N–H and O–H groups in total. The number of H-pyrrole nitrogens is 1. The molecular formula is C15H15N7OS. The van der Waals surface area contributed by atoms with Crippen molar-refractivity contribution < 1.29 is 4.79 Å². The molecule has 0 aliphatic rings. The van der Waals surface area contributed by atoms with Crippen LogP contribution in [-0.4, -0.2) is 48.3 Å². The lowest BCUT2D eigenvalue weighted by Gasteiger charge is -2.04. The van der Waals surface area contributed by atoms with Crippen LogP contribution in [0.5, 0.6) is 0 Å². The second-order valence-corrected chi connectivity index (χ2v) is 5.90. The molecule has 0 spiro atoms. The number of nitrogens with zero attached hydrogens (tertiary/aromatic N) is 5. The summed E-state index contributed by atoms with van der Waals surface area (Å²) >= 11 is 1.47. The first kappa shape index (κ1) is 16.1. The summed E-state index contributed by atoms with van der Waals surface area (Å²) in [7, 11) is 0. The molecule has 0 saturated carbocycles. The lowest BCUT2D eigenvalue weighted by Crippen LogP contribution is -2.26. The number of hydrogen-bond acceptors (Lipinski definition) is 7. The van der Waals surface area contributed by atoms with Crippen molar-refractivity contribution in [2.75, 3.05) is 12.3 Å². The van der Waals surface area contributed by atoms with E-state index >= 15 is 0 Å². The highest BCUT2D eigenvalue weighted by atomic mass is 32.2. The number of pyridine rings is 1. The number of carbonyl (C=O) groups excluding carboxylic acids is 1. The van der Waals surface area contributed by atoms with Crippen molar-refractivity contribution in [1.82, 2.24) is 35.5 Å².